The Bertz CT molecular complexity index is 1210. The van der Waals surface area contributed by atoms with Gasteiger partial charge < -0.3 is 23.9 Å². The second-order valence-corrected chi connectivity index (χ2v) is 7.27. The zero-order valence-corrected chi connectivity index (χ0v) is 18.3. The lowest BCUT2D eigenvalue weighted by molar-refractivity contribution is 0.0921. The quantitative estimate of drug-likeness (QED) is 0.426. The van der Waals surface area contributed by atoms with E-state index in [1.807, 2.05) is 24.3 Å². The molecule has 6 heteroatoms. The number of carbonyl (C=O) groups excluding carboxylic acids is 1. The SMILES string of the molecule is COc1cc(OC)c(Cc2ccc(C(=O)NCc3cccc4ccccc34)o2)c(OC)c1. The van der Waals surface area contributed by atoms with Crippen LogP contribution in [0.2, 0.25) is 0 Å². The number of nitrogens with one attached hydrogen (secondary N) is 1. The minimum Gasteiger partial charge on any atom is -0.496 e. The topological polar surface area (TPSA) is 69.9 Å². The van der Waals surface area contributed by atoms with Crippen LogP contribution in [0.5, 0.6) is 17.2 Å². The molecule has 0 fully saturated rings. The van der Waals surface area contributed by atoms with Crippen LogP contribution in [0, 0.1) is 0 Å². The molecule has 1 heterocycles. The minimum absolute atomic E-state index is 0.256. The van der Waals surface area contributed by atoms with E-state index in [1.165, 1.54) is 0 Å². The molecule has 32 heavy (non-hydrogen) atoms. The molecule has 164 valence electrons. The number of ether oxygens (including phenoxy) is 3. The summed E-state index contributed by atoms with van der Waals surface area (Å²) in [5.41, 5.74) is 1.86. The number of methoxy groups -OCH3 is 3. The van der Waals surface area contributed by atoms with Crippen LogP contribution in [0.3, 0.4) is 0 Å². The zero-order valence-electron chi connectivity index (χ0n) is 18.3. The number of hydrogen-bond donors (Lipinski definition) is 1. The Morgan fingerprint density at radius 2 is 1.59 bits per heavy atom. The van der Waals surface area contributed by atoms with Crippen molar-refractivity contribution in [3.05, 3.63) is 89.4 Å². The first-order valence-corrected chi connectivity index (χ1v) is 10.3. The van der Waals surface area contributed by atoms with E-state index in [4.69, 9.17) is 18.6 Å². The van der Waals surface area contributed by atoms with Gasteiger partial charge in [-0.05, 0) is 28.5 Å². The largest absolute Gasteiger partial charge is 0.496 e. The van der Waals surface area contributed by atoms with Crippen molar-refractivity contribution < 1.29 is 23.4 Å². The molecule has 1 N–H and O–H groups in total. The summed E-state index contributed by atoms with van der Waals surface area (Å²) in [6, 6.07) is 21.2. The average Bonchev–Trinajstić information content (AvgIpc) is 3.31. The standard InChI is InChI=1S/C26H25NO5/c1-29-20-14-24(30-2)22(25(15-20)31-3)13-19-11-12-23(32-19)26(28)27-16-18-9-6-8-17-7-4-5-10-21(17)18/h4-12,14-15H,13,16H2,1-3H3,(H,27,28). The van der Waals surface area contributed by atoms with Crippen LogP contribution >= 0.6 is 0 Å². The first-order valence-electron chi connectivity index (χ1n) is 10.3. The van der Waals surface area contributed by atoms with Crippen molar-refractivity contribution in [2.45, 2.75) is 13.0 Å². The normalized spacial score (nSPS) is 10.7. The first-order chi connectivity index (χ1) is 15.6. The predicted octanol–water partition coefficient (Wildman–Crippen LogP) is 4.98. The maximum absolute atomic E-state index is 12.7. The van der Waals surface area contributed by atoms with Crippen molar-refractivity contribution in [3.63, 3.8) is 0 Å². The number of fused-ring (bicyclic) bond motifs is 1. The molecule has 6 nitrogen and oxygen atoms in total. The van der Waals surface area contributed by atoms with Crippen molar-refractivity contribution in [2.24, 2.45) is 0 Å². The highest BCUT2D eigenvalue weighted by atomic mass is 16.5. The summed E-state index contributed by atoms with van der Waals surface area (Å²) in [6.07, 6.45) is 0.410. The highest BCUT2D eigenvalue weighted by Gasteiger charge is 2.17. The van der Waals surface area contributed by atoms with Gasteiger partial charge in [0.25, 0.3) is 5.91 Å². The van der Waals surface area contributed by atoms with Gasteiger partial charge in [0.05, 0.1) is 21.3 Å². The lowest BCUT2D eigenvalue weighted by Crippen LogP contribution is -2.22. The predicted molar refractivity (Wildman–Crippen MR) is 123 cm³/mol. The smallest absolute Gasteiger partial charge is 0.287 e. The molecule has 3 aromatic carbocycles. The molecule has 1 amide bonds. The van der Waals surface area contributed by atoms with Gasteiger partial charge in [0, 0.05) is 30.7 Å². The van der Waals surface area contributed by atoms with Gasteiger partial charge in [0.1, 0.15) is 23.0 Å². The summed E-state index contributed by atoms with van der Waals surface area (Å²) in [6.45, 7) is 0.413. The van der Waals surface area contributed by atoms with E-state index in [0.717, 1.165) is 21.9 Å². The number of amides is 1. The number of furan rings is 1. The maximum atomic E-state index is 12.7. The number of benzene rings is 3. The van der Waals surface area contributed by atoms with Crippen molar-refractivity contribution in [1.82, 2.24) is 5.32 Å². The summed E-state index contributed by atoms with van der Waals surface area (Å²) in [5, 5.41) is 5.21. The molecular weight excluding hydrogens is 406 g/mol. The molecule has 0 unspecified atom stereocenters. The fourth-order valence-electron chi connectivity index (χ4n) is 3.73. The number of hydrogen-bond acceptors (Lipinski definition) is 5. The Hall–Kier alpha value is -3.93. The number of carbonyl (C=O) groups is 1. The Morgan fingerprint density at radius 3 is 2.31 bits per heavy atom. The third-order valence-electron chi connectivity index (χ3n) is 5.37. The molecule has 0 radical (unpaired) electrons. The lowest BCUT2D eigenvalue weighted by Gasteiger charge is -2.14. The van der Waals surface area contributed by atoms with E-state index < -0.39 is 0 Å². The second-order valence-electron chi connectivity index (χ2n) is 7.27. The molecule has 4 aromatic rings. The fraction of sp³-hybridized carbons (Fsp3) is 0.192. The molecular formula is C26H25NO5. The molecule has 0 aliphatic rings. The maximum Gasteiger partial charge on any atom is 0.287 e. The molecule has 1 aromatic heterocycles. The van der Waals surface area contributed by atoms with Gasteiger partial charge in [-0.1, -0.05) is 42.5 Å². The van der Waals surface area contributed by atoms with Crippen LogP contribution in [0.15, 0.2) is 71.1 Å². The third kappa shape index (κ3) is 4.39. The van der Waals surface area contributed by atoms with E-state index in [-0.39, 0.29) is 11.7 Å². The molecule has 0 spiro atoms. The molecule has 0 aliphatic carbocycles. The van der Waals surface area contributed by atoms with Gasteiger partial charge in [-0.2, -0.15) is 0 Å². The average molecular weight is 431 g/mol. The minimum atomic E-state index is -0.266. The van der Waals surface area contributed by atoms with Crippen LogP contribution in [-0.2, 0) is 13.0 Å². The van der Waals surface area contributed by atoms with Crippen LogP contribution in [-0.4, -0.2) is 27.2 Å². The van der Waals surface area contributed by atoms with E-state index in [2.05, 4.69) is 23.5 Å². The van der Waals surface area contributed by atoms with Crippen LogP contribution in [0.4, 0.5) is 0 Å². The van der Waals surface area contributed by atoms with Crippen LogP contribution in [0.25, 0.3) is 10.8 Å². The van der Waals surface area contributed by atoms with Crippen molar-refractivity contribution >= 4 is 16.7 Å². The highest BCUT2D eigenvalue weighted by Crippen LogP contribution is 2.35. The summed E-state index contributed by atoms with van der Waals surface area (Å²) < 4.78 is 22.1. The lowest BCUT2D eigenvalue weighted by atomic mass is 10.0. The zero-order chi connectivity index (χ0) is 22.5. The summed E-state index contributed by atoms with van der Waals surface area (Å²) in [7, 11) is 4.77. The van der Waals surface area contributed by atoms with E-state index in [0.29, 0.717) is 36.0 Å². The van der Waals surface area contributed by atoms with Gasteiger partial charge in [-0.3, -0.25) is 4.79 Å². The molecule has 0 bridgehead atoms. The Morgan fingerprint density at radius 1 is 0.875 bits per heavy atom. The second kappa shape index (κ2) is 9.47. The van der Waals surface area contributed by atoms with Gasteiger partial charge in [0.2, 0.25) is 0 Å². The van der Waals surface area contributed by atoms with E-state index in [9.17, 15) is 4.79 Å². The Labute approximate surface area is 186 Å². The molecule has 0 atom stereocenters. The van der Waals surface area contributed by atoms with Gasteiger partial charge in [-0.25, -0.2) is 0 Å². The van der Waals surface area contributed by atoms with Gasteiger partial charge >= 0.3 is 0 Å². The first kappa shape index (κ1) is 21.3. The molecule has 0 saturated carbocycles. The third-order valence-corrected chi connectivity index (χ3v) is 5.37. The van der Waals surface area contributed by atoms with Gasteiger partial charge in [-0.15, -0.1) is 0 Å². The highest BCUT2D eigenvalue weighted by molar-refractivity contribution is 5.92. The van der Waals surface area contributed by atoms with Crippen molar-refractivity contribution in [3.8, 4) is 17.2 Å². The molecule has 0 saturated heterocycles. The van der Waals surface area contributed by atoms with Gasteiger partial charge in [0.15, 0.2) is 5.76 Å². The summed E-state index contributed by atoms with van der Waals surface area (Å²) in [5.74, 6) is 2.50. The Balaban J connectivity index is 1.49. The van der Waals surface area contributed by atoms with E-state index in [1.54, 1.807) is 45.6 Å². The monoisotopic (exact) mass is 431 g/mol. The van der Waals surface area contributed by atoms with Crippen molar-refractivity contribution in [1.29, 1.82) is 0 Å². The van der Waals surface area contributed by atoms with Crippen molar-refractivity contribution in [2.75, 3.05) is 21.3 Å². The summed E-state index contributed by atoms with van der Waals surface area (Å²) in [4.78, 5) is 12.7. The molecule has 4 rings (SSSR count). The van der Waals surface area contributed by atoms with Crippen LogP contribution in [0.1, 0.15) is 27.4 Å². The number of rotatable bonds is 8. The van der Waals surface area contributed by atoms with E-state index >= 15 is 0 Å². The fourth-order valence-corrected chi connectivity index (χ4v) is 3.73. The summed E-state index contributed by atoms with van der Waals surface area (Å²) >= 11 is 0. The Kier molecular flexibility index (Phi) is 6.31. The molecule has 0 aliphatic heterocycles. The van der Waals surface area contributed by atoms with Crippen LogP contribution < -0.4 is 19.5 Å².